The summed E-state index contributed by atoms with van der Waals surface area (Å²) in [7, 11) is -3.63. The highest BCUT2D eigenvalue weighted by atomic mass is 35.5. The first-order valence-corrected chi connectivity index (χ1v) is 14.7. The molecule has 11 heteroatoms. The molecule has 1 N–H and O–H groups in total. The highest BCUT2D eigenvalue weighted by molar-refractivity contribution is 7.92. The van der Waals surface area contributed by atoms with E-state index in [1.165, 1.54) is 9.21 Å². The first-order valence-electron chi connectivity index (χ1n) is 12.5. The molecule has 2 amide bonds. The second-order valence-corrected chi connectivity index (χ2v) is 12.7. The summed E-state index contributed by atoms with van der Waals surface area (Å²) in [6, 6.07) is 11.3. The van der Waals surface area contributed by atoms with Crippen LogP contribution in [0.2, 0.25) is 5.02 Å². The van der Waals surface area contributed by atoms with Gasteiger partial charge >= 0.3 is 0 Å². The molecule has 1 heterocycles. The Bertz CT molecular complexity index is 1240. The molecule has 3 rings (SSSR count). The number of halogens is 1. The third-order valence-corrected chi connectivity index (χ3v) is 7.34. The Morgan fingerprint density at radius 2 is 1.68 bits per heavy atom. The fraction of sp³-hybridized carbons (Fsp3) is 0.481. The SMILES string of the molecule is C[C@@H](C(=O)NC(C)(C)C)N(Cc1ccc(Cl)cc1)C(=O)CCCN(c1ccc2c(c1)OCCO2)S(C)(=O)=O. The van der Waals surface area contributed by atoms with E-state index >= 15 is 0 Å². The van der Waals surface area contributed by atoms with Crippen LogP contribution in [0.5, 0.6) is 11.5 Å². The molecule has 2 aromatic carbocycles. The number of ether oxygens (including phenoxy) is 2. The van der Waals surface area contributed by atoms with E-state index in [0.717, 1.165) is 11.8 Å². The molecule has 0 radical (unpaired) electrons. The molecule has 1 aliphatic heterocycles. The summed E-state index contributed by atoms with van der Waals surface area (Å²) in [6.45, 7) is 8.43. The summed E-state index contributed by atoms with van der Waals surface area (Å²) in [4.78, 5) is 27.8. The molecule has 0 spiro atoms. The Morgan fingerprint density at radius 1 is 1.05 bits per heavy atom. The average Bonchev–Trinajstić information content (AvgIpc) is 2.83. The van der Waals surface area contributed by atoms with Crippen molar-refractivity contribution < 1.29 is 27.5 Å². The number of amides is 2. The quantitative estimate of drug-likeness (QED) is 0.467. The van der Waals surface area contributed by atoms with E-state index in [4.69, 9.17) is 21.1 Å². The van der Waals surface area contributed by atoms with Crippen molar-refractivity contribution in [1.29, 1.82) is 0 Å². The van der Waals surface area contributed by atoms with Crippen molar-refractivity contribution >= 4 is 39.1 Å². The molecule has 2 aromatic rings. The zero-order chi connectivity index (χ0) is 28.1. The lowest BCUT2D eigenvalue weighted by Gasteiger charge is -2.32. The van der Waals surface area contributed by atoms with Gasteiger partial charge in [0, 0.05) is 36.1 Å². The molecule has 38 heavy (non-hydrogen) atoms. The van der Waals surface area contributed by atoms with E-state index in [1.54, 1.807) is 37.3 Å². The van der Waals surface area contributed by atoms with Gasteiger partial charge in [0.25, 0.3) is 0 Å². The van der Waals surface area contributed by atoms with Gasteiger partial charge in [-0.1, -0.05) is 23.7 Å². The summed E-state index contributed by atoms with van der Waals surface area (Å²) < 4.78 is 37.6. The Morgan fingerprint density at radius 3 is 2.29 bits per heavy atom. The molecule has 0 unspecified atom stereocenters. The zero-order valence-corrected chi connectivity index (χ0v) is 24.1. The molecule has 1 aliphatic rings. The van der Waals surface area contributed by atoms with Gasteiger partial charge in [-0.2, -0.15) is 0 Å². The van der Waals surface area contributed by atoms with Crippen LogP contribution in [0.4, 0.5) is 5.69 Å². The van der Waals surface area contributed by atoms with E-state index in [-0.39, 0.29) is 37.7 Å². The molecule has 0 saturated carbocycles. The summed E-state index contributed by atoms with van der Waals surface area (Å²) >= 11 is 6.01. The van der Waals surface area contributed by atoms with Crippen molar-refractivity contribution in [2.45, 2.75) is 58.7 Å². The molecule has 0 saturated heterocycles. The van der Waals surface area contributed by atoms with Crippen LogP contribution in [0.25, 0.3) is 0 Å². The minimum Gasteiger partial charge on any atom is -0.486 e. The monoisotopic (exact) mass is 565 g/mol. The van der Waals surface area contributed by atoms with Crippen LogP contribution in [-0.2, 0) is 26.2 Å². The molecular formula is C27H36ClN3O6S. The number of rotatable bonds is 10. The first-order chi connectivity index (χ1) is 17.7. The van der Waals surface area contributed by atoms with E-state index in [1.807, 2.05) is 32.9 Å². The van der Waals surface area contributed by atoms with Crippen LogP contribution in [0.3, 0.4) is 0 Å². The summed E-state index contributed by atoms with van der Waals surface area (Å²) in [6.07, 6.45) is 1.43. The highest BCUT2D eigenvalue weighted by Crippen LogP contribution is 2.34. The normalized spacial score (nSPS) is 13.9. The van der Waals surface area contributed by atoms with Crippen molar-refractivity contribution in [2.24, 2.45) is 0 Å². The number of carbonyl (C=O) groups is 2. The minimum absolute atomic E-state index is 0.0529. The molecule has 208 valence electrons. The Labute approximate surface area is 230 Å². The van der Waals surface area contributed by atoms with Gasteiger partial charge in [0.15, 0.2) is 11.5 Å². The summed E-state index contributed by atoms with van der Waals surface area (Å²) in [5, 5.41) is 3.50. The van der Waals surface area contributed by atoms with Crippen molar-refractivity contribution in [3.63, 3.8) is 0 Å². The lowest BCUT2D eigenvalue weighted by atomic mass is 10.1. The fourth-order valence-corrected chi connectivity index (χ4v) is 5.12. The average molecular weight is 566 g/mol. The number of carbonyl (C=O) groups excluding carboxylic acids is 2. The molecule has 0 aliphatic carbocycles. The van der Waals surface area contributed by atoms with Gasteiger partial charge in [0.05, 0.1) is 11.9 Å². The largest absolute Gasteiger partial charge is 0.486 e. The van der Waals surface area contributed by atoms with Crippen LogP contribution < -0.4 is 19.1 Å². The van der Waals surface area contributed by atoms with Crippen molar-refractivity contribution in [3.8, 4) is 11.5 Å². The van der Waals surface area contributed by atoms with E-state index < -0.39 is 21.6 Å². The third-order valence-electron chi connectivity index (χ3n) is 5.90. The van der Waals surface area contributed by atoms with Crippen molar-refractivity contribution in [3.05, 3.63) is 53.1 Å². The van der Waals surface area contributed by atoms with Gasteiger partial charge in [0.1, 0.15) is 19.3 Å². The maximum Gasteiger partial charge on any atom is 0.242 e. The predicted octanol–water partition coefficient (Wildman–Crippen LogP) is 3.99. The molecule has 9 nitrogen and oxygen atoms in total. The third kappa shape index (κ3) is 8.26. The predicted molar refractivity (Wildman–Crippen MR) is 148 cm³/mol. The molecule has 0 fully saturated rings. The minimum atomic E-state index is -3.63. The Balaban J connectivity index is 1.74. The first kappa shape index (κ1) is 29.6. The number of hydrogen-bond acceptors (Lipinski definition) is 6. The number of fused-ring (bicyclic) bond motifs is 1. The molecule has 0 bridgehead atoms. The molecule has 0 aromatic heterocycles. The summed E-state index contributed by atoms with van der Waals surface area (Å²) in [5.74, 6) is 0.510. The summed E-state index contributed by atoms with van der Waals surface area (Å²) in [5.41, 5.74) is 0.798. The van der Waals surface area contributed by atoms with Gasteiger partial charge < -0.3 is 19.7 Å². The van der Waals surface area contributed by atoms with Gasteiger partial charge in [-0.15, -0.1) is 0 Å². The maximum atomic E-state index is 13.4. The number of benzene rings is 2. The van der Waals surface area contributed by atoms with E-state index in [9.17, 15) is 18.0 Å². The lowest BCUT2D eigenvalue weighted by molar-refractivity contribution is -0.141. The van der Waals surface area contributed by atoms with Crippen molar-refractivity contribution in [2.75, 3.05) is 30.3 Å². The fourth-order valence-electron chi connectivity index (χ4n) is 4.03. The number of anilines is 1. The van der Waals surface area contributed by atoms with E-state index in [0.29, 0.717) is 35.4 Å². The zero-order valence-electron chi connectivity index (χ0n) is 22.5. The van der Waals surface area contributed by atoms with Gasteiger partial charge in [-0.05, 0) is 63.9 Å². The highest BCUT2D eigenvalue weighted by Gasteiger charge is 2.29. The Kier molecular flexibility index (Phi) is 9.54. The number of hydrogen-bond donors (Lipinski definition) is 1. The maximum absolute atomic E-state index is 13.4. The lowest BCUT2D eigenvalue weighted by Crippen LogP contribution is -2.52. The van der Waals surface area contributed by atoms with Crippen LogP contribution in [0, 0.1) is 0 Å². The number of sulfonamides is 1. The second kappa shape index (κ2) is 12.3. The van der Waals surface area contributed by atoms with Crippen LogP contribution in [0.15, 0.2) is 42.5 Å². The smallest absolute Gasteiger partial charge is 0.242 e. The van der Waals surface area contributed by atoms with Gasteiger partial charge in [0.2, 0.25) is 21.8 Å². The van der Waals surface area contributed by atoms with Crippen LogP contribution in [0.1, 0.15) is 46.1 Å². The topological polar surface area (TPSA) is 105 Å². The Hall–Kier alpha value is -2.98. The van der Waals surface area contributed by atoms with Crippen molar-refractivity contribution in [1.82, 2.24) is 10.2 Å². The standard InChI is InChI=1S/C27H36ClN3O6S/c1-19(26(33)29-27(2,3)4)30(18-20-8-10-21(28)11-9-20)25(32)7-6-14-31(38(5,34)35)22-12-13-23-24(17-22)37-16-15-36-23/h8-13,17,19H,6-7,14-16,18H2,1-5H3,(H,29,33)/t19-/m0/s1. The molecular weight excluding hydrogens is 530 g/mol. The van der Waals surface area contributed by atoms with Gasteiger partial charge in [-0.3, -0.25) is 13.9 Å². The van der Waals surface area contributed by atoms with Crippen LogP contribution in [-0.4, -0.2) is 62.7 Å². The number of nitrogens with zero attached hydrogens (tertiary/aromatic N) is 2. The van der Waals surface area contributed by atoms with Crippen LogP contribution >= 0.6 is 11.6 Å². The number of nitrogens with one attached hydrogen (secondary N) is 1. The van der Waals surface area contributed by atoms with E-state index in [2.05, 4.69) is 5.32 Å². The van der Waals surface area contributed by atoms with Gasteiger partial charge in [-0.25, -0.2) is 8.42 Å². The second-order valence-electron chi connectivity index (χ2n) is 10.3. The molecule has 1 atom stereocenters.